The Kier molecular flexibility index (Phi) is 21.1. The summed E-state index contributed by atoms with van der Waals surface area (Å²) < 4.78 is 10.5. The number of pyridine rings is 2. The highest BCUT2D eigenvalue weighted by Crippen LogP contribution is 2.24. The first-order chi connectivity index (χ1) is 24.9. The van der Waals surface area contributed by atoms with Crippen LogP contribution in [0, 0.1) is 13.8 Å². The number of fused-ring (bicyclic) bond motifs is 2. The lowest BCUT2D eigenvalue weighted by atomic mass is 10.1. The number of rotatable bonds is 5. The van der Waals surface area contributed by atoms with Gasteiger partial charge in [-0.25, -0.2) is 24.4 Å². The molecule has 0 bridgehead atoms. The summed E-state index contributed by atoms with van der Waals surface area (Å²) in [6.07, 6.45) is 3.25. The van der Waals surface area contributed by atoms with E-state index < -0.39 is 23.8 Å². The molecule has 15 nitrogen and oxygen atoms in total. The molecule has 282 valence electrons. The quantitative estimate of drug-likeness (QED) is 0.0482. The number of methoxy groups -OCH3 is 2. The van der Waals surface area contributed by atoms with Gasteiger partial charge in [-0.2, -0.15) is 10.2 Å². The fourth-order valence-electron chi connectivity index (χ4n) is 4.19. The number of benzene rings is 2. The molecule has 0 atom stereocenters. The van der Waals surface area contributed by atoms with E-state index in [1.54, 1.807) is 80.8 Å². The number of hydrogen-bond donors (Lipinski definition) is 5. The van der Waals surface area contributed by atoms with Crippen LogP contribution in [-0.4, -0.2) is 80.9 Å². The number of carboxylic acids is 1. The highest BCUT2D eigenvalue weighted by atomic mass is 127. The van der Waals surface area contributed by atoms with Gasteiger partial charge in [0, 0.05) is 27.8 Å². The summed E-state index contributed by atoms with van der Waals surface area (Å²) in [6.45, 7) is 3.56. The predicted octanol–water partition coefficient (Wildman–Crippen LogP) is 7.83. The molecule has 1 amide bonds. The summed E-state index contributed by atoms with van der Waals surface area (Å²) in [5.74, 6) is -2.38. The van der Waals surface area contributed by atoms with Crippen molar-refractivity contribution in [3.8, 4) is 0 Å². The Balaban J connectivity index is 0.000000400. The van der Waals surface area contributed by atoms with Crippen molar-refractivity contribution in [3.05, 3.63) is 107 Å². The van der Waals surface area contributed by atoms with Crippen molar-refractivity contribution in [1.82, 2.24) is 30.4 Å². The van der Waals surface area contributed by atoms with E-state index in [0.29, 0.717) is 22.5 Å². The fraction of sp³-hybridized carbons (Fsp3) is 0.200. The van der Waals surface area contributed by atoms with Crippen LogP contribution in [0.15, 0.2) is 73.1 Å². The van der Waals surface area contributed by atoms with Crippen molar-refractivity contribution in [2.24, 2.45) is 0 Å². The van der Waals surface area contributed by atoms with E-state index >= 15 is 0 Å². The molecule has 6 aromatic rings. The fourth-order valence-corrected chi connectivity index (χ4v) is 4.19. The maximum atomic E-state index is 12.4. The lowest BCUT2D eigenvalue weighted by Gasteiger charge is -2.10. The van der Waals surface area contributed by atoms with Crippen molar-refractivity contribution < 1.29 is 33.8 Å². The van der Waals surface area contributed by atoms with Crippen LogP contribution in [0.3, 0.4) is 0 Å². The van der Waals surface area contributed by atoms with E-state index in [4.69, 9.17) is 15.6 Å². The summed E-state index contributed by atoms with van der Waals surface area (Å²) in [5.41, 5.74) is 10.3. The Hall–Kier alpha value is -4.45. The molecule has 0 unspecified atom stereocenters. The van der Waals surface area contributed by atoms with E-state index in [1.807, 2.05) is 4.93 Å². The number of nitrogen functional groups attached to an aromatic ring is 1. The highest BCUT2D eigenvalue weighted by molar-refractivity contribution is 14.2. The Morgan fingerprint density at radius 3 is 1.70 bits per heavy atom. The van der Waals surface area contributed by atoms with Crippen LogP contribution in [0.4, 0.5) is 11.4 Å². The van der Waals surface area contributed by atoms with Gasteiger partial charge in [0.2, 0.25) is 0 Å². The van der Waals surface area contributed by atoms with Gasteiger partial charge in [-0.3, -0.25) is 15.0 Å². The number of H-pyrrole nitrogens is 2. The summed E-state index contributed by atoms with van der Waals surface area (Å²) in [7, 11) is 2.60. The van der Waals surface area contributed by atoms with Crippen LogP contribution in [-0.2, 0) is 9.47 Å². The molecule has 0 aliphatic carbocycles. The summed E-state index contributed by atoms with van der Waals surface area (Å²) in [6, 6.07) is 16.6. The Bertz CT molecular complexity index is 2120. The molecule has 18 heteroatoms. The first-order valence-corrected chi connectivity index (χ1v) is 19.9. The number of amides is 1. The number of aryl methyl sites for hydroxylation is 2. The smallest absolute Gasteiger partial charge is 0.354 e. The van der Waals surface area contributed by atoms with Crippen LogP contribution in [0.2, 0.25) is 0 Å². The minimum Gasteiger partial charge on any atom is -0.477 e. The highest BCUT2D eigenvalue weighted by Gasteiger charge is 2.18. The van der Waals surface area contributed by atoms with E-state index in [1.165, 1.54) is 22.7 Å². The van der Waals surface area contributed by atoms with Crippen LogP contribution < -0.4 is 11.1 Å². The summed E-state index contributed by atoms with van der Waals surface area (Å²) >= 11 is 6.70. The number of halogens is 3. The first kappa shape index (κ1) is 46.6. The number of aromatic carboxylic acids is 1. The number of carbonyl (C=O) groups excluding carboxylic acids is 3. The Labute approximate surface area is 347 Å². The molecule has 2 aromatic carbocycles. The van der Waals surface area contributed by atoms with Gasteiger partial charge in [-0.05, 0) is 67.3 Å². The number of carbonyl (C=O) groups is 4. The van der Waals surface area contributed by atoms with Gasteiger partial charge >= 0.3 is 17.9 Å². The largest absolute Gasteiger partial charge is 0.477 e. The summed E-state index contributed by atoms with van der Waals surface area (Å²) in [5, 5.41) is 26.1. The number of aromatic nitrogens is 6. The number of anilines is 2. The Morgan fingerprint density at radius 2 is 1.23 bits per heavy atom. The number of aromatic amines is 2. The summed E-state index contributed by atoms with van der Waals surface area (Å²) in [4.78, 5) is 55.8. The topological polar surface area (TPSA) is 228 Å². The van der Waals surface area contributed by atoms with Gasteiger partial charge in [0.25, 0.3) is 5.91 Å². The minimum atomic E-state index is -0.983. The molecular formula is C35H39I3N8O7. The van der Waals surface area contributed by atoms with E-state index in [0.717, 1.165) is 27.7 Å². The number of nitrogens with two attached hydrogens (primary N) is 1. The first-order valence-electron chi connectivity index (χ1n) is 14.7. The molecule has 0 aliphatic rings. The van der Waals surface area contributed by atoms with Crippen molar-refractivity contribution >= 4 is 125 Å². The molecule has 0 saturated carbocycles. The number of ether oxygens (including phenoxy) is 2. The molecule has 4 heterocycles. The second-order valence-electron chi connectivity index (χ2n) is 9.92. The SMILES string of the molecule is C.CI.COC(=O)c1cc2[nH]ncc2cc1N.COC(=O)c1cc2[nH]ncc2cc1NC(=O)c1cccc(C)n1.Cc1cccc(C(=O)O)n1.ICI. The van der Waals surface area contributed by atoms with Gasteiger partial charge in [0.15, 0.2) is 0 Å². The molecule has 4 aromatic heterocycles. The lowest BCUT2D eigenvalue weighted by molar-refractivity contribution is 0.0593. The predicted molar refractivity (Wildman–Crippen MR) is 232 cm³/mol. The third-order valence-electron chi connectivity index (χ3n) is 6.48. The average Bonchev–Trinajstić information content (AvgIpc) is 3.81. The number of esters is 2. The second kappa shape index (κ2) is 24.0. The van der Waals surface area contributed by atoms with E-state index in [-0.39, 0.29) is 24.4 Å². The van der Waals surface area contributed by atoms with Crippen LogP contribution >= 0.6 is 67.8 Å². The van der Waals surface area contributed by atoms with Gasteiger partial charge in [0.05, 0.1) is 56.9 Å². The van der Waals surface area contributed by atoms with Crippen LogP contribution in [0.1, 0.15) is 60.5 Å². The zero-order valence-corrected chi connectivity index (χ0v) is 35.0. The molecule has 0 aliphatic heterocycles. The number of nitrogens with zero attached hydrogens (tertiary/aromatic N) is 4. The molecule has 0 saturated heterocycles. The van der Waals surface area contributed by atoms with Gasteiger partial charge in [-0.1, -0.05) is 87.3 Å². The molecular weight excluding hydrogens is 1030 g/mol. The lowest BCUT2D eigenvalue weighted by Crippen LogP contribution is -2.17. The van der Waals surface area contributed by atoms with Crippen molar-refractivity contribution in [3.63, 3.8) is 0 Å². The van der Waals surface area contributed by atoms with Crippen molar-refractivity contribution in [1.29, 1.82) is 0 Å². The van der Waals surface area contributed by atoms with Crippen LogP contribution in [0.5, 0.6) is 0 Å². The molecule has 0 radical (unpaired) electrons. The normalized spacial score (nSPS) is 9.51. The number of alkyl halides is 3. The average molecular weight is 1060 g/mol. The van der Waals surface area contributed by atoms with Crippen LogP contribution in [0.25, 0.3) is 21.8 Å². The maximum Gasteiger partial charge on any atom is 0.354 e. The minimum absolute atomic E-state index is 0. The third kappa shape index (κ3) is 14.1. The molecule has 6 N–H and O–H groups in total. The van der Waals surface area contributed by atoms with E-state index in [9.17, 15) is 19.2 Å². The second-order valence-corrected chi connectivity index (χ2v) is 14.4. The van der Waals surface area contributed by atoms with Crippen molar-refractivity contribution in [2.45, 2.75) is 21.3 Å². The number of carboxylic acid groups (broad SMARTS) is 1. The van der Waals surface area contributed by atoms with Crippen molar-refractivity contribution in [2.75, 3.05) is 32.6 Å². The number of nitrogens with one attached hydrogen (secondary N) is 3. The zero-order valence-electron chi connectivity index (χ0n) is 28.5. The third-order valence-corrected chi connectivity index (χ3v) is 6.48. The molecule has 6 rings (SSSR count). The molecule has 53 heavy (non-hydrogen) atoms. The van der Waals surface area contributed by atoms with E-state index in [2.05, 4.69) is 108 Å². The standard InChI is InChI=1S/C16H14N4O3.C9H9N3O2.C7H7NO2.CH2I2.CH3I.CH4/c1-9-4-3-5-12(18-9)15(21)19-14-6-10-8-17-20-13(10)7-11(14)16(22)23-2;1-14-9(13)6-3-8-5(2-7(6)10)4-11-12-8;1-5-3-2-4-6(8-5)7(9)10;2-1-3;1-2;/h3-8H,1-2H3,(H,17,20)(H,19,21);2-4H,10H2,1H3,(H,11,12);2-4H,1H3,(H,9,10);1H2;1H3;1H4. The Morgan fingerprint density at radius 1 is 0.774 bits per heavy atom. The zero-order chi connectivity index (χ0) is 38.8. The van der Waals surface area contributed by atoms with Gasteiger partial charge in [0.1, 0.15) is 11.4 Å². The molecule has 0 spiro atoms. The maximum absolute atomic E-state index is 12.4. The molecule has 0 fully saturated rings. The van der Waals surface area contributed by atoms with Gasteiger partial charge in [-0.15, -0.1) is 0 Å². The van der Waals surface area contributed by atoms with Gasteiger partial charge < -0.3 is 25.6 Å². The monoisotopic (exact) mass is 1060 g/mol. The number of hydrogen-bond acceptors (Lipinski definition) is 11.